The Bertz CT molecular complexity index is 821. The number of phenols is 1. The number of ether oxygens (including phenoxy) is 2. The van der Waals surface area contributed by atoms with Gasteiger partial charge in [0.25, 0.3) is 0 Å². The van der Waals surface area contributed by atoms with E-state index >= 15 is 0 Å². The van der Waals surface area contributed by atoms with Gasteiger partial charge in [0, 0.05) is 18.5 Å². The molecule has 1 amide bonds. The summed E-state index contributed by atoms with van der Waals surface area (Å²) in [7, 11) is 3.22. The van der Waals surface area contributed by atoms with Crippen molar-refractivity contribution in [1.82, 2.24) is 10.7 Å². The average Bonchev–Trinajstić information content (AvgIpc) is 2.70. The summed E-state index contributed by atoms with van der Waals surface area (Å²) in [6, 6.07) is 11.0. The molecule has 0 fully saturated rings. The van der Waals surface area contributed by atoms with E-state index in [-0.39, 0.29) is 11.7 Å². The molecule has 0 aliphatic rings. The topological polar surface area (TPSA) is 92.2 Å². The number of carbonyl (C=O) groups is 1. The van der Waals surface area contributed by atoms with Crippen molar-refractivity contribution >= 4 is 12.1 Å². The van der Waals surface area contributed by atoms with Crippen LogP contribution in [0.4, 0.5) is 0 Å². The van der Waals surface area contributed by atoms with Crippen molar-refractivity contribution in [3.8, 4) is 17.2 Å². The number of benzene rings is 2. The first-order valence-electron chi connectivity index (χ1n) is 9.06. The highest BCUT2D eigenvalue weighted by Crippen LogP contribution is 2.27. The second-order valence-electron chi connectivity index (χ2n) is 6.29. The van der Waals surface area contributed by atoms with Gasteiger partial charge < -0.3 is 19.9 Å². The molecule has 7 heteroatoms. The highest BCUT2D eigenvalue weighted by molar-refractivity contribution is 5.85. The maximum absolute atomic E-state index is 11.8. The fourth-order valence-electron chi connectivity index (χ4n) is 2.60. The molecule has 0 aliphatic heterocycles. The Hall–Kier alpha value is -3.06. The summed E-state index contributed by atoms with van der Waals surface area (Å²) in [4.78, 5) is 11.8. The van der Waals surface area contributed by atoms with Crippen LogP contribution >= 0.6 is 0 Å². The number of nitrogens with zero attached hydrogens (tertiary/aromatic N) is 1. The van der Waals surface area contributed by atoms with E-state index in [0.717, 1.165) is 24.1 Å². The minimum Gasteiger partial charge on any atom is -0.507 e. The molecule has 150 valence electrons. The van der Waals surface area contributed by atoms with E-state index in [1.807, 2.05) is 25.1 Å². The Morgan fingerprint density at radius 3 is 2.64 bits per heavy atom. The first kappa shape index (κ1) is 21.2. The summed E-state index contributed by atoms with van der Waals surface area (Å²) in [6.07, 6.45) is 2.56. The first-order valence-corrected chi connectivity index (χ1v) is 9.06. The molecule has 0 saturated carbocycles. The summed E-state index contributed by atoms with van der Waals surface area (Å²) in [6.45, 7) is 3.20. The van der Waals surface area contributed by atoms with Crippen LogP contribution in [-0.4, -0.2) is 44.5 Å². The van der Waals surface area contributed by atoms with Crippen molar-refractivity contribution in [3.05, 3.63) is 53.1 Å². The number of rotatable bonds is 10. The third-order valence-electron chi connectivity index (χ3n) is 4.14. The van der Waals surface area contributed by atoms with Crippen LogP contribution in [0.15, 0.2) is 41.5 Å². The number of methoxy groups -OCH3 is 2. The molecule has 0 saturated heterocycles. The van der Waals surface area contributed by atoms with E-state index in [9.17, 15) is 9.90 Å². The Balaban J connectivity index is 1.67. The van der Waals surface area contributed by atoms with Crippen molar-refractivity contribution in [2.45, 2.75) is 19.8 Å². The molecule has 0 bridgehead atoms. The molecule has 0 aliphatic carbocycles. The molecule has 0 radical (unpaired) electrons. The van der Waals surface area contributed by atoms with Crippen LogP contribution in [0, 0.1) is 6.92 Å². The van der Waals surface area contributed by atoms with Gasteiger partial charge in [-0.3, -0.25) is 4.79 Å². The van der Waals surface area contributed by atoms with Gasteiger partial charge in [-0.25, -0.2) is 5.43 Å². The van der Waals surface area contributed by atoms with Crippen LogP contribution in [0.5, 0.6) is 17.2 Å². The summed E-state index contributed by atoms with van der Waals surface area (Å²) >= 11 is 0. The van der Waals surface area contributed by atoms with Gasteiger partial charge in [-0.15, -0.1) is 0 Å². The zero-order chi connectivity index (χ0) is 20.4. The molecule has 2 aromatic carbocycles. The summed E-state index contributed by atoms with van der Waals surface area (Å²) < 4.78 is 10.5. The van der Waals surface area contributed by atoms with Gasteiger partial charge in [0.05, 0.1) is 20.4 Å². The van der Waals surface area contributed by atoms with Crippen molar-refractivity contribution in [2.24, 2.45) is 5.10 Å². The SMILES string of the molecule is COc1ccc(CCNCCC(=O)N/N=C/c2cc(C)ccc2O)cc1OC. The molecule has 7 nitrogen and oxygen atoms in total. The molecular weight excluding hydrogens is 358 g/mol. The van der Waals surface area contributed by atoms with E-state index in [1.165, 1.54) is 6.21 Å². The highest BCUT2D eigenvalue weighted by atomic mass is 16.5. The van der Waals surface area contributed by atoms with Crippen molar-refractivity contribution < 1.29 is 19.4 Å². The normalized spacial score (nSPS) is 10.8. The van der Waals surface area contributed by atoms with Gasteiger partial charge >= 0.3 is 0 Å². The van der Waals surface area contributed by atoms with Crippen LogP contribution in [0.3, 0.4) is 0 Å². The Kier molecular flexibility index (Phi) is 8.30. The van der Waals surface area contributed by atoms with E-state index < -0.39 is 0 Å². The van der Waals surface area contributed by atoms with Crippen LogP contribution in [-0.2, 0) is 11.2 Å². The number of hydrazone groups is 1. The number of hydrogen-bond donors (Lipinski definition) is 3. The number of nitrogens with one attached hydrogen (secondary N) is 2. The number of aryl methyl sites for hydroxylation is 1. The second kappa shape index (κ2) is 10.9. The predicted molar refractivity (Wildman–Crippen MR) is 109 cm³/mol. The average molecular weight is 385 g/mol. The van der Waals surface area contributed by atoms with E-state index in [2.05, 4.69) is 15.8 Å². The number of phenolic OH excluding ortho intramolecular Hbond substituents is 1. The molecule has 28 heavy (non-hydrogen) atoms. The zero-order valence-electron chi connectivity index (χ0n) is 16.5. The predicted octanol–water partition coefficient (Wildman–Crippen LogP) is 2.39. The number of carbonyl (C=O) groups excluding carboxylic acids is 1. The fraction of sp³-hybridized carbons (Fsp3) is 0.333. The molecule has 3 N–H and O–H groups in total. The molecular formula is C21H27N3O4. The molecule has 2 aromatic rings. The Morgan fingerprint density at radius 1 is 1.11 bits per heavy atom. The number of hydrogen-bond acceptors (Lipinski definition) is 6. The van der Waals surface area contributed by atoms with Crippen molar-refractivity contribution in [1.29, 1.82) is 0 Å². The van der Waals surface area contributed by atoms with Gasteiger partial charge in [0.15, 0.2) is 11.5 Å². The van der Waals surface area contributed by atoms with Crippen molar-refractivity contribution in [3.63, 3.8) is 0 Å². The lowest BCUT2D eigenvalue weighted by Gasteiger charge is -2.10. The van der Waals surface area contributed by atoms with Gasteiger partial charge in [-0.05, 0) is 49.7 Å². The van der Waals surface area contributed by atoms with Crippen molar-refractivity contribution in [2.75, 3.05) is 27.3 Å². The molecule has 0 atom stereocenters. The van der Waals surface area contributed by atoms with Gasteiger partial charge in [-0.1, -0.05) is 17.7 Å². The van der Waals surface area contributed by atoms with E-state index in [4.69, 9.17) is 9.47 Å². The third kappa shape index (κ3) is 6.59. The number of amides is 1. The lowest BCUT2D eigenvalue weighted by Crippen LogP contribution is -2.25. The Labute approximate surface area is 165 Å². The lowest BCUT2D eigenvalue weighted by molar-refractivity contribution is -0.120. The smallest absolute Gasteiger partial charge is 0.241 e. The zero-order valence-corrected chi connectivity index (χ0v) is 16.5. The minimum atomic E-state index is -0.193. The van der Waals surface area contributed by atoms with Crippen LogP contribution in [0.25, 0.3) is 0 Å². The molecule has 0 aromatic heterocycles. The summed E-state index contributed by atoms with van der Waals surface area (Å²) in [5, 5.41) is 16.8. The van der Waals surface area contributed by atoms with Crippen LogP contribution in [0.1, 0.15) is 23.1 Å². The molecule has 0 spiro atoms. The molecule has 0 unspecified atom stereocenters. The largest absolute Gasteiger partial charge is 0.507 e. The maximum atomic E-state index is 11.8. The summed E-state index contributed by atoms with van der Waals surface area (Å²) in [5.74, 6) is 1.34. The monoisotopic (exact) mass is 385 g/mol. The lowest BCUT2D eigenvalue weighted by atomic mass is 10.1. The van der Waals surface area contributed by atoms with Crippen LogP contribution in [0.2, 0.25) is 0 Å². The fourth-order valence-corrected chi connectivity index (χ4v) is 2.60. The van der Waals surface area contributed by atoms with Gasteiger partial charge in [0.1, 0.15) is 5.75 Å². The van der Waals surface area contributed by atoms with Gasteiger partial charge in [-0.2, -0.15) is 5.10 Å². The second-order valence-corrected chi connectivity index (χ2v) is 6.29. The van der Waals surface area contributed by atoms with E-state index in [1.54, 1.807) is 32.4 Å². The third-order valence-corrected chi connectivity index (χ3v) is 4.14. The van der Waals surface area contributed by atoms with Crippen LogP contribution < -0.4 is 20.2 Å². The maximum Gasteiger partial charge on any atom is 0.241 e. The standard InChI is InChI=1S/C21H27N3O4/c1-15-4-6-18(25)17(12-15)14-23-24-21(26)9-11-22-10-8-16-5-7-19(27-2)20(13-16)28-3/h4-7,12-14,22,25H,8-11H2,1-3H3,(H,24,26)/b23-14+. The summed E-state index contributed by atoms with van der Waals surface area (Å²) in [5.41, 5.74) is 5.15. The van der Waals surface area contributed by atoms with E-state index in [0.29, 0.717) is 30.0 Å². The highest BCUT2D eigenvalue weighted by Gasteiger charge is 2.05. The van der Waals surface area contributed by atoms with Gasteiger partial charge in [0.2, 0.25) is 5.91 Å². The molecule has 0 heterocycles. The Morgan fingerprint density at radius 2 is 1.89 bits per heavy atom. The number of aromatic hydroxyl groups is 1. The quantitative estimate of drug-likeness (QED) is 0.332. The minimum absolute atomic E-state index is 0.125. The molecule has 2 rings (SSSR count). The first-order chi connectivity index (χ1) is 13.5.